The molecule has 214 valence electrons. The molecule has 3 rings (SSSR count). The van der Waals surface area contributed by atoms with Gasteiger partial charge < -0.3 is 10.2 Å². The number of nitrogens with zero attached hydrogens (tertiary/aromatic N) is 2. The third-order valence-corrected chi connectivity index (χ3v) is 7.60. The molecular formula is C32H41N3O4S. The van der Waals surface area contributed by atoms with Crippen molar-refractivity contribution in [3.63, 3.8) is 0 Å². The van der Waals surface area contributed by atoms with Gasteiger partial charge in [-0.3, -0.25) is 13.9 Å². The Bertz CT molecular complexity index is 1380. The number of rotatable bonds is 11. The van der Waals surface area contributed by atoms with Crippen LogP contribution in [0.25, 0.3) is 0 Å². The molecule has 0 fully saturated rings. The number of para-hydroxylation sites is 1. The van der Waals surface area contributed by atoms with Crippen molar-refractivity contribution in [1.82, 2.24) is 10.2 Å². The van der Waals surface area contributed by atoms with Gasteiger partial charge in [-0.05, 0) is 49.4 Å². The van der Waals surface area contributed by atoms with E-state index in [1.807, 2.05) is 107 Å². The first-order chi connectivity index (χ1) is 18.8. The highest BCUT2D eigenvalue weighted by Gasteiger charge is 2.34. The molecule has 2 amide bonds. The van der Waals surface area contributed by atoms with Gasteiger partial charge in [-0.1, -0.05) is 92.7 Å². The lowest BCUT2D eigenvalue weighted by atomic mass is 10.00. The molecular weight excluding hydrogens is 522 g/mol. The van der Waals surface area contributed by atoms with Crippen LogP contribution in [0.2, 0.25) is 0 Å². The summed E-state index contributed by atoms with van der Waals surface area (Å²) >= 11 is 0. The molecule has 3 aromatic rings. The second kappa shape index (κ2) is 13.1. The summed E-state index contributed by atoms with van der Waals surface area (Å²) in [6.07, 6.45) is 1.38. The third kappa shape index (κ3) is 8.68. The number of hydrogen-bond donors (Lipinski definition) is 1. The van der Waals surface area contributed by atoms with Crippen LogP contribution in [0.5, 0.6) is 0 Å². The Labute approximate surface area is 239 Å². The van der Waals surface area contributed by atoms with E-state index in [0.717, 1.165) is 27.3 Å². The molecule has 8 heteroatoms. The van der Waals surface area contributed by atoms with E-state index in [0.29, 0.717) is 5.69 Å². The van der Waals surface area contributed by atoms with Gasteiger partial charge in [-0.25, -0.2) is 8.42 Å². The van der Waals surface area contributed by atoms with Gasteiger partial charge in [0.1, 0.15) is 12.6 Å². The van der Waals surface area contributed by atoms with Crippen LogP contribution in [-0.4, -0.2) is 49.5 Å². The Balaban J connectivity index is 2.09. The zero-order chi connectivity index (χ0) is 29.5. The third-order valence-electron chi connectivity index (χ3n) is 6.47. The number of anilines is 1. The van der Waals surface area contributed by atoms with E-state index in [1.165, 1.54) is 4.90 Å². The molecule has 0 aromatic heterocycles. The van der Waals surface area contributed by atoms with E-state index in [2.05, 4.69) is 5.32 Å². The highest BCUT2D eigenvalue weighted by Crippen LogP contribution is 2.29. The molecule has 0 saturated heterocycles. The lowest BCUT2D eigenvalue weighted by molar-refractivity contribution is -0.140. The molecule has 0 saturated carbocycles. The summed E-state index contributed by atoms with van der Waals surface area (Å²) < 4.78 is 27.3. The van der Waals surface area contributed by atoms with E-state index in [1.54, 1.807) is 12.1 Å². The minimum atomic E-state index is -3.82. The van der Waals surface area contributed by atoms with Crippen molar-refractivity contribution in [3.8, 4) is 0 Å². The molecule has 40 heavy (non-hydrogen) atoms. The van der Waals surface area contributed by atoms with Crippen LogP contribution >= 0.6 is 0 Å². The molecule has 1 atom stereocenters. The SMILES string of the molecule is CC(C)c1ccccc1N(CC(=O)N(Cc1ccccc1)C(Cc1ccccc1)C(=O)NC(C)(C)C)S(C)(=O)=O. The summed E-state index contributed by atoms with van der Waals surface area (Å²) in [5, 5.41) is 3.04. The summed E-state index contributed by atoms with van der Waals surface area (Å²) in [6.45, 7) is 9.36. The molecule has 7 nitrogen and oxygen atoms in total. The number of carbonyl (C=O) groups excluding carboxylic acids is 2. The average Bonchev–Trinajstić information content (AvgIpc) is 2.88. The predicted octanol–water partition coefficient (Wildman–Crippen LogP) is 5.13. The van der Waals surface area contributed by atoms with Gasteiger partial charge in [0.15, 0.2) is 0 Å². The van der Waals surface area contributed by atoms with Crippen molar-refractivity contribution >= 4 is 27.5 Å². The summed E-state index contributed by atoms with van der Waals surface area (Å²) in [6, 6.07) is 25.3. The second-order valence-electron chi connectivity index (χ2n) is 11.4. The smallest absolute Gasteiger partial charge is 0.244 e. The lowest BCUT2D eigenvalue weighted by Crippen LogP contribution is -2.56. The molecule has 0 aliphatic carbocycles. The van der Waals surface area contributed by atoms with Crippen LogP contribution in [0.3, 0.4) is 0 Å². The average molecular weight is 564 g/mol. The van der Waals surface area contributed by atoms with Gasteiger partial charge in [0.05, 0.1) is 11.9 Å². The Morgan fingerprint density at radius 1 is 0.825 bits per heavy atom. The van der Waals surface area contributed by atoms with Crippen LogP contribution in [0.4, 0.5) is 5.69 Å². The summed E-state index contributed by atoms with van der Waals surface area (Å²) in [7, 11) is -3.82. The molecule has 1 N–H and O–H groups in total. The minimum absolute atomic E-state index is 0.0411. The van der Waals surface area contributed by atoms with Crippen molar-refractivity contribution in [2.45, 2.75) is 65.1 Å². The van der Waals surface area contributed by atoms with Gasteiger partial charge in [0, 0.05) is 18.5 Å². The van der Waals surface area contributed by atoms with Crippen molar-refractivity contribution in [2.75, 3.05) is 17.1 Å². The summed E-state index contributed by atoms with van der Waals surface area (Å²) in [5.74, 6) is -0.716. The number of nitrogens with one attached hydrogen (secondary N) is 1. The Hall–Kier alpha value is -3.65. The topological polar surface area (TPSA) is 86.8 Å². The van der Waals surface area contributed by atoms with Crippen molar-refractivity contribution in [3.05, 3.63) is 102 Å². The van der Waals surface area contributed by atoms with Gasteiger partial charge in [0.2, 0.25) is 21.8 Å². The molecule has 0 aliphatic rings. The molecule has 0 spiro atoms. The maximum atomic E-state index is 14.2. The first-order valence-electron chi connectivity index (χ1n) is 13.5. The zero-order valence-corrected chi connectivity index (χ0v) is 25.1. The monoisotopic (exact) mass is 563 g/mol. The largest absolute Gasteiger partial charge is 0.350 e. The fraction of sp³-hybridized carbons (Fsp3) is 0.375. The Kier molecular flexibility index (Phi) is 10.1. The van der Waals surface area contributed by atoms with Crippen LogP contribution in [0.15, 0.2) is 84.9 Å². The van der Waals surface area contributed by atoms with Crippen LogP contribution in [0, 0.1) is 0 Å². The minimum Gasteiger partial charge on any atom is -0.350 e. The van der Waals surface area contributed by atoms with E-state index in [9.17, 15) is 18.0 Å². The lowest BCUT2D eigenvalue weighted by Gasteiger charge is -2.35. The van der Waals surface area contributed by atoms with E-state index >= 15 is 0 Å². The van der Waals surface area contributed by atoms with Gasteiger partial charge in [0.25, 0.3) is 0 Å². The predicted molar refractivity (Wildman–Crippen MR) is 162 cm³/mol. The molecule has 0 bridgehead atoms. The highest BCUT2D eigenvalue weighted by molar-refractivity contribution is 7.92. The standard InChI is InChI=1S/C32H41N3O4S/c1-24(2)27-19-13-14-20-28(27)35(40(6,38)39)23-30(36)34(22-26-17-11-8-12-18-26)29(31(37)33-32(3,4)5)21-25-15-9-7-10-16-25/h7-20,24,29H,21-23H2,1-6H3,(H,33,37). The second-order valence-corrected chi connectivity index (χ2v) is 13.3. The van der Waals surface area contributed by atoms with Crippen molar-refractivity contribution < 1.29 is 18.0 Å². The Morgan fingerprint density at radius 3 is 1.88 bits per heavy atom. The van der Waals surface area contributed by atoms with Gasteiger partial charge >= 0.3 is 0 Å². The van der Waals surface area contributed by atoms with E-state index in [-0.39, 0.29) is 24.8 Å². The number of benzene rings is 3. The quantitative estimate of drug-likeness (QED) is 0.350. The van der Waals surface area contributed by atoms with E-state index in [4.69, 9.17) is 0 Å². The zero-order valence-electron chi connectivity index (χ0n) is 24.3. The first-order valence-corrected chi connectivity index (χ1v) is 15.4. The summed E-state index contributed by atoms with van der Waals surface area (Å²) in [5.41, 5.74) is 2.49. The number of sulfonamides is 1. The number of carbonyl (C=O) groups is 2. The fourth-order valence-corrected chi connectivity index (χ4v) is 5.45. The molecule has 1 unspecified atom stereocenters. The molecule has 0 heterocycles. The highest BCUT2D eigenvalue weighted by atomic mass is 32.2. The van der Waals surface area contributed by atoms with Crippen molar-refractivity contribution in [2.24, 2.45) is 0 Å². The fourth-order valence-electron chi connectivity index (χ4n) is 4.58. The normalized spacial score (nSPS) is 12.6. The van der Waals surface area contributed by atoms with Gasteiger partial charge in [-0.15, -0.1) is 0 Å². The number of hydrogen-bond acceptors (Lipinski definition) is 4. The molecule has 0 aliphatic heterocycles. The maximum absolute atomic E-state index is 14.2. The van der Waals surface area contributed by atoms with Crippen LogP contribution < -0.4 is 9.62 Å². The molecule has 0 radical (unpaired) electrons. The Morgan fingerprint density at radius 2 is 1.35 bits per heavy atom. The summed E-state index contributed by atoms with van der Waals surface area (Å²) in [4.78, 5) is 29.5. The number of amides is 2. The van der Waals surface area contributed by atoms with E-state index < -0.39 is 34.1 Å². The van der Waals surface area contributed by atoms with Gasteiger partial charge in [-0.2, -0.15) is 0 Å². The first kappa shape index (κ1) is 30.9. The van der Waals surface area contributed by atoms with Crippen LogP contribution in [0.1, 0.15) is 57.2 Å². The molecule has 3 aromatic carbocycles. The maximum Gasteiger partial charge on any atom is 0.244 e. The van der Waals surface area contributed by atoms with Crippen molar-refractivity contribution in [1.29, 1.82) is 0 Å². The van der Waals surface area contributed by atoms with Crippen LogP contribution in [-0.2, 0) is 32.6 Å².